The first kappa shape index (κ1) is 22.0. The molecule has 8 heteroatoms. The molecule has 0 atom stereocenters. The monoisotopic (exact) mass is 445 g/mol. The molecule has 0 spiro atoms. The molecule has 0 unspecified atom stereocenters. The maximum atomic E-state index is 13.0. The Hall–Kier alpha value is -2.16. The lowest BCUT2D eigenvalue weighted by molar-refractivity contribution is 0.0585. The van der Waals surface area contributed by atoms with Crippen molar-refractivity contribution in [1.82, 2.24) is 14.2 Å². The Labute approximate surface area is 185 Å². The second kappa shape index (κ2) is 9.97. The van der Waals surface area contributed by atoms with Crippen molar-refractivity contribution in [3.63, 3.8) is 0 Å². The molecule has 1 aromatic heterocycles. The molecule has 0 aliphatic carbocycles. The number of piperidine rings is 2. The molecule has 3 heterocycles. The number of rotatable bonds is 7. The summed E-state index contributed by atoms with van der Waals surface area (Å²) in [6.07, 6.45) is 7.45. The fraction of sp³-hybridized carbons (Fsp3) is 0.522. The zero-order chi connectivity index (χ0) is 21.7. The third-order valence-corrected chi connectivity index (χ3v) is 8.05. The molecule has 2 saturated heterocycles. The predicted octanol–water partition coefficient (Wildman–Crippen LogP) is 3.18. The molecule has 0 radical (unpaired) electrons. The molecule has 2 fully saturated rings. The number of sulfonamides is 1. The lowest BCUT2D eigenvalue weighted by atomic mass is 10.00. The molecule has 0 amide bonds. The maximum Gasteiger partial charge on any atom is 0.243 e. The van der Waals surface area contributed by atoms with Crippen LogP contribution in [0.4, 0.5) is 0 Å². The van der Waals surface area contributed by atoms with Crippen molar-refractivity contribution in [1.29, 1.82) is 0 Å². The fourth-order valence-corrected chi connectivity index (χ4v) is 5.91. The minimum Gasteiger partial charge on any atom is -0.494 e. The molecule has 4 rings (SSSR count). The van der Waals surface area contributed by atoms with Crippen LogP contribution in [0.5, 0.6) is 11.5 Å². The minimum absolute atomic E-state index is 0.235. The van der Waals surface area contributed by atoms with E-state index in [4.69, 9.17) is 9.47 Å². The van der Waals surface area contributed by atoms with Crippen LogP contribution >= 0.6 is 0 Å². The van der Waals surface area contributed by atoms with Crippen molar-refractivity contribution < 1.29 is 17.9 Å². The number of nitrogens with zero attached hydrogens (tertiary/aromatic N) is 3. The van der Waals surface area contributed by atoms with E-state index in [1.165, 1.54) is 0 Å². The van der Waals surface area contributed by atoms with Gasteiger partial charge in [0.2, 0.25) is 10.0 Å². The molecular formula is C23H31N3O4S. The third kappa shape index (κ3) is 5.37. The average molecular weight is 446 g/mol. The summed E-state index contributed by atoms with van der Waals surface area (Å²) < 4.78 is 39.1. The van der Waals surface area contributed by atoms with Gasteiger partial charge in [0, 0.05) is 44.6 Å². The van der Waals surface area contributed by atoms with E-state index in [9.17, 15) is 8.42 Å². The summed E-state index contributed by atoms with van der Waals surface area (Å²) in [5, 5.41) is 0. The Kier molecular flexibility index (Phi) is 7.09. The van der Waals surface area contributed by atoms with E-state index in [0.29, 0.717) is 36.4 Å². The molecule has 7 nitrogen and oxygen atoms in total. The number of ether oxygens (including phenoxy) is 2. The molecule has 2 aliphatic rings. The van der Waals surface area contributed by atoms with Crippen LogP contribution < -0.4 is 9.47 Å². The second-order valence-corrected chi connectivity index (χ2v) is 10.0. The quantitative estimate of drug-likeness (QED) is 0.652. The van der Waals surface area contributed by atoms with Crippen molar-refractivity contribution in [3.05, 3.63) is 48.8 Å². The second-order valence-electron chi connectivity index (χ2n) is 8.08. The van der Waals surface area contributed by atoms with Crippen LogP contribution in [0.15, 0.2) is 53.7 Å². The lowest BCUT2D eigenvalue weighted by Gasteiger charge is -2.41. The van der Waals surface area contributed by atoms with Gasteiger partial charge in [0.1, 0.15) is 17.6 Å². The highest BCUT2D eigenvalue weighted by Gasteiger charge is 2.33. The molecule has 2 aliphatic heterocycles. The third-order valence-electron chi connectivity index (χ3n) is 6.14. The zero-order valence-corrected chi connectivity index (χ0v) is 18.8. The van der Waals surface area contributed by atoms with Gasteiger partial charge in [0.25, 0.3) is 0 Å². The van der Waals surface area contributed by atoms with E-state index >= 15 is 0 Å². The highest BCUT2D eigenvalue weighted by molar-refractivity contribution is 7.89. The van der Waals surface area contributed by atoms with Crippen LogP contribution in [0.2, 0.25) is 0 Å². The first-order valence-corrected chi connectivity index (χ1v) is 12.5. The Morgan fingerprint density at radius 3 is 2.16 bits per heavy atom. The minimum atomic E-state index is -3.46. The first-order chi connectivity index (χ1) is 15.1. The largest absolute Gasteiger partial charge is 0.494 e. The SMILES string of the molecule is CCOc1ccc(S(=O)(=O)N2CCC(N3CCC(Oc4ccncc4)CC3)CC2)cc1. The Bertz CT molecular complexity index is 921. The molecule has 0 saturated carbocycles. The van der Waals surface area contributed by atoms with Gasteiger partial charge in [-0.05, 0) is 69.0 Å². The molecule has 168 valence electrons. The van der Waals surface area contributed by atoms with Gasteiger partial charge in [-0.3, -0.25) is 4.98 Å². The molecule has 2 aromatic rings. The Morgan fingerprint density at radius 1 is 0.903 bits per heavy atom. The fourth-order valence-electron chi connectivity index (χ4n) is 4.44. The highest BCUT2D eigenvalue weighted by atomic mass is 32.2. The van der Waals surface area contributed by atoms with Gasteiger partial charge in [-0.15, -0.1) is 0 Å². The normalized spacial score (nSPS) is 19.9. The summed E-state index contributed by atoms with van der Waals surface area (Å²) in [5.74, 6) is 1.57. The van der Waals surface area contributed by atoms with Gasteiger partial charge >= 0.3 is 0 Å². The summed E-state index contributed by atoms with van der Waals surface area (Å²) in [4.78, 5) is 6.87. The van der Waals surface area contributed by atoms with Crippen LogP contribution in [0.1, 0.15) is 32.6 Å². The standard InChI is InChI=1S/C23H31N3O4S/c1-2-29-20-3-5-23(6-4-20)31(27,28)26-17-9-19(10-18-26)25-15-11-22(12-16-25)30-21-7-13-24-14-8-21/h3-8,13-14,19,22H,2,9-12,15-18H2,1H3. The first-order valence-electron chi connectivity index (χ1n) is 11.1. The number of aromatic nitrogens is 1. The smallest absolute Gasteiger partial charge is 0.243 e. The zero-order valence-electron chi connectivity index (χ0n) is 18.0. The van der Waals surface area contributed by atoms with Crippen LogP contribution in [0, 0.1) is 0 Å². The molecule has 1 aromatic carbocycles. The van der Waals surface area contributed by atoms with E-state index in [-0.39, 0.29) is 6.10 Å². The Balaban J connectivity index is 1.27. The highest BCUT2D eigenvalue weighted by Crippen LogP contribution is 2.27. The van der Waals surface area contributed by atoms with E-state index in [2.05, 4.69) is 9.88 Å². The maximum absolute atomic E-state index is 13.0. The van der Waals surface area contributed by atoms with Crippen molar-refractivity contribution >= 4 is 10.0 Å². The van der Waals surface area contributed by atoms with Crippen molar-refractivity contribution in [2.24, 2.45) is 0 Å². The van der Waals surface area contributed by atoms with E-state index < -0.39 is 10.0 Å². The molecule has 0 N–H and O–H groups in total. The molecular weight excluding hydrogens is 414 g/mol. The van der Waals surface area contributed by atoms with Crippen molar-refractivity contribution in [2.45, 2.75) is 49.6 Å². The summed E-state index contributed by atoms with van der Waals surface area (Å²) in [7, 11) is -3.46. The van der Waals surface area contributed by atoms with Crippen LogP contribution in [0.3, 0.4) is 0 Å². The van der Waals surface area contributed by atoms with E-state index in [0.717, 1.165) is 44.5 Å². The van der Waals surface area contributed by atoms with E-state index in [1.54, 1.807) is 41.0 Å². The summed E-state index contributed by atoms with van der Waals surface area (Å²) in [6, 6.07) is 11.0. The van der Waals surface area contributed by atoms with E-state index in [1.807, 2.05) is 19.1 Å². The lowest BCUT2D eigenvalue weighted by Crippen LogP contribution is -2.50. The molecule has 31 heavy (non-hydrogen) atoms. The number of hydrogen-bond donors (Lipinski definition) is 0. The van der Waals surface area contributed by atoms with Crippen molar-refractivity contribution in [3.8, 4) is 11.5 Å². The Morgan fingerprint density at radius 2 is 1.55 bits per heavy atom. The molecule has 0 bridgehead atoms. The van der Waals surface area contributed by atoms with Gasteiger partial charge < -0.3 is 14.4 Å². The topological polar surface area (TPSA) is 72.0 Å². The van der Waals surface area contributed by atoms with Gasteiger partial charge in [0.15, 0.2) is 0 Å². The summed E-state index contributed by atoms with van der Waals surface area (Å²) >= 11 is 0. The number of hydrogen-bond acceptors (Lipinski definition) is 6. The number of pyridine rings is 1. The average Bonchev–Trinajstić information content (AvgIpc) is 2.81. The van der Waals surface area contributed by atoms with Gasteiger partial charge in [0.05, 0.1) is 11.5 Å². The van der Waals surface area contributed by atoms with Crippen molar-refractivity contribution in [2.75, 3.05) is 32.8 Å². The van der Waals surface area contributed by atoms with Gasteiger partial charge in [-0.1, -0.05) is 0 Å². The van der Waals surface area contributed by atoms with Crippen LogP contribution in [0.25, 0.3) is 0 Å². The van der Waals surface area contributed by atoms with Gasteiger partial charge in [-0.25, -0.2) is 8.42 Å². The number of benzene rings is 1. The van der Waals surface area contributed by atoms with Gasteiger partial charge in [-0.2, -0.15) is 4.31 Å². The number of likely N-dealkylation sites (tertiary alicyclic amines) is 1. The summed E-state index contributed by atoms with van der Waals surface area (Å²) in [5.41, 5.74) is 0. The van der Waals surface area contributed by atoms with Crippen LogP contribution in [-0.2, 0) is 10.0 Å². The summed E-state index contributed by atoms with van der Waals surface area (Å²) in [6.45, 7) is 5.58. The predicted molar refractivity (Wildman–Crippen MR) is 119 cm³/mol. The van der Waals surface area contributed by atoms with Crippen LogP contribution in [-0.4, -0.2) is 67.5 Å².